The predicted octanol–water partition coefficient (Wildman–Crippen LogP) is 20.4. The van der Waals surface area contributed by atoms with Crippen molar-refractivity contribution in [2.45, 2.75) is 316 Å². The Hall–Kier alpha value is -2.89. The largest absolute Gasteiger partial charge is 0.462 e. The molecule has 0 aliphatic carbocycles. The van der Waals surface area contributed by atoms with Crippen molar-refractivity contribution in [1.29, 1.82) is 0 Å². The van der Waals surface area contributed by atoms with Crippen molar-refractivity contribution >= 4 is 17.9 Å². The molecule has 0 aromatic heterocycles. The monoisotopic (exact) mass is 979 g/mol. The van der Waals surface area contributed by atoms with Crippen molar-refractivity contribution in [3.63, 3.8) is 0 Å². The van der Waals surface area contributed by atoms with Crippen LogP contribution >= 0.6 is 0 Å². The summed E-state index contributed by atoms with van der Waals surface area (Å²) in [5, 5.41) is 0. The van der Waals surface area contributed by atoms with E-state index in [2.05, 4.69) is 81.5 Å². The van der Waals surface area contributed by atoms with Gasteiger partial charge in [-0.3, -0.25) is 14.4 Å². The molecule has 0 amide bonds. The molecule has 6 heteroatoms. The van der Waals surface area contributed by atoms with E-state index in [-0.39, 0.29) is 31.1 Å². The fourth-order valence-electron chi connectivity index (χ4n) is 8.73. The second-order valence-electron chi connectivity index (χ2n) is 20.3. The van der Waals surface area contributed by atoms with Gasteiger partial charge in [0.2, 0.25) is 0 Å². The normalized spacial score (nSPS) is 12.4. The van der Waals surface area contributed by atoms with Crippen molar-refractivity contribution in [3.05, 3.63) is 60.8 Å². The number of ether oxygens (including phenoxy) is 3. The van der Waals surface area contributed by atoms with Gasteiger partial charge in [-0.2, -0.15) is 0 Å². The predicted molar refractivity (Wildman–Crippen MR) is 302 cm³/mol. The lowest BCUT2D eigenvalue weighted by Crippen LogP contribution is -2.30. The summed E-state index contributed by atoms with van der Waals surface area (Å²) in [7, 11) is 0. The van der Waals surface area contributed by atoms with Gasteiger partial charge in [0.25, 0.3) is 0 Å². The molecule has 0 saturated heterocycles. The van der Waals surface area contributed by atoms with E-state index in [9.17, 15) is 14.4 Å². The lowest BCUT2D eigenvalue weighted by Gasteiger charge is -2.18. The first kappa shape index (κ1) is 67.1. The van der Waals surface area contributed by atoms with E-state index in [1.165, 1.54) is 186 Å². The van der Waals surface area contributed by atoms with Crippen molar-refractivity contribution in [1.82, 2.24) is 0 Å². The Balaban J connectivity index is 4.38. The first-order chi connectivity index (χ1) is 34.5. The molecule has 406 valence electrons. The molecule has 1 unspecified atom stereocenters. The Morgan fingerprint density at radius 1 is 0.300 bits per heavy atom. The molecule has 0 bridgehead atoms. The van der Waals surface area contributed by atoms with Crippen molar-refractivity contribution in [2.75, 3.05) is 13.2 Å². The number of unbranched alkanes of at least 4 members (excludes halogenated alkanes) is 36. The molecule has 0 N–H and O–H groups in total. The Kier molecular flexibility index (Phi) is 56.3. The Bertz CT molecular complexity index is 1260. The number of rotatable bonds is 55. The number of esters is 3. The first-order valence-corrected chi connectivity index (χ1v) is 30.3. The van der Waals surface area contributed by atoms with E-state index in [4.69, 9.17) is 14.2 Å². The molecule has 70 heavy (non-hydrogen) atoms. The highest BCUT2D eigenvalue weighted by molar-refractivity contribution is 5.71. The van der Waals surface area contributed by atoms with Crippen LogP contribution in [0.25, 0.3) is 0 Å². The maximum Gasteiger partial charge on any atom is 0.306 e. The zero-order chi connectivity index (χ0) is 50.7. The van der Waals surface area contributed by atoms with Gasteiger partial charge in [-0.1, -0.05) is 261 Å². The molecular formula is C64H114O6. The third kappa shape index (κ3) is 56.0. The standard InChI is InChI=1S/C64H114O6/c1-4-7-10-13-16-19-22-25-28-30-32-34-36-39-42-45-48-51-54-57-63(66)69-60-61(59-68-62(65)56-53-50-47-44-41-38-35-27-24-21-18-15-12-9-6-3)70-64(67)58-55-52-49-46-43-40-37-33-31-29-26-23-20-17-14-11-8-5-2/h9,12,15,18,21,24,30,32-33,37,61H,4-8,10-11,13-14,16-17,19-20,22-23,25-29,31,34-36,38-60H2,1-3H3/b12-9-,18-15-,24-21-,32-30-,37-33-. The van der Waals surface area contributed by atoms with Crippen LogP contribution in [-0.2, 0) is 28.6 Å². The molecule has 0 aliphatic rings. The summed E-state index contributed by atoms with van der Waals surface area (Å²) >= 11 is 0. The van der Waals surface area contributed by atoms with Crippen molar-refractivity contribution in [2.24, 2.45) is 0 Å². The summed E-state index contributed by atoms with van der Waals surface area (Å²) in [5.74, 6) is -0.894. The van der Waals surface area contributed by atoms with Gasteiger partial charge < -0.3 is 14.2 Å². The van der Waals surface area contributed by atoms with Crippen LogP contribution in [0.2, 0.25) is 0 Å². The van der Waals surface area contributed by atoms with Crippen LogP contribution in [0.4, 0.5) is 0 Å². The molecule has 6 nitrogen and oxygen atoms in total. The van der Waals surface area contributed by atoms with Crippen LogP contribution in [0.3, 0.4) is 0 Å². The van der Waals surface area contributed by atoms with E-state index in [0.29, 0.717) is 19.3 Å². The van der Waals surface area contributed by atoms with E-state index < -0.39 is 6.10 Å². The summed E-state index contributed by atoms with van der Waals surface area (Å²) in [4.78, 5) is 38.2. The molecule has 0 saturated carbocycles. The second-order valence-corrected chi connectivity index (χ2v) is 20.3. The Morgan fingerprint density at radius 2 is 0.571 bits per heavy atom. The molecule has 1 atom stereocenters. The van der Waals surface area contributed by atoms with Crippen molar-refractivity contribution in [3.8, 4) is 0 Å². The highest BCUT2D eigenvalue weighted by atomic mass is 16.6. The molecule has 0 rings (SSSR count). The van der Waals surface area contributed by atoms with Crippen LogP contribution in [-0.4, -0.2) is 37.2 Å². The maximum atomic E-state index is 12.9. The van der Waals surface area contributed by atoms with Gasteiger partial charge in [-0.25, -0.2) is 0 Å². The zero-order valence-corrected chi connectivity index (χ0v) is 46.5. The molecule has 0 aromatic rings. The summed E-state index contributed by atoms with van der Waals surface area (Å²) in [5.41, 5.74) is 0. The third-order valence-electron chi connectivity index (χ3n) is 13.3. The fraction of sp³-hybridized carbons (Fsp3) is 0.797. The molecular weight excluding hydrogens is 865 g/mol. The average molecular weight is 980 g/mol. The summed E-state index contributed by atoms with van der Waals surface area (Å²) in [6, 6.07) is 0. The Labute approximate surface area is 434 Å². The minimum absolute atomic E-state index is 0.0825. The SMILES string of the molecule is CC\C=C/C=C\C=C/CCCCCCCCCC(=O)OCC(COC(=O)CCCCCCCCC/C=C\CCCCCCCCCC)OC(=O)CCCCCCC/C=C\CCCCCCCCCCC. The van der Waals surface area contributed by atoms with Gasteiger partial charge >= 0.3 is 17.9 Å². The van der Waals surface area contributed by atoms with Gasteiger partial charge in [0.05, 0.1) is 0 Å². The van der Waals surface area contributed by atoms with Crippen LogP contribution in [0.5, 0.6) is 0 Å². The number of carbonyl (C=O) groups is 3. The highest BCUT2D eigenvalue weighted by Crippen LogP contribution is 2.16. The minimum atomic E-state index is -0.786. The summed E-state index contributed by atoms with van der Waals surface area (Å²) in [6.45, 7) is 6.53. The molecule has 0 aromatic carbocycles. The molecule has 0 aliphatic heterocycles. The number of hydrogen-bond acceptors (Lipinski definition) is 6. The van der Waals surface area contributed by atoms with Crippen LogP contribution in [0, 0.1) is 0 Å². The quantitative estimate of drug-likeness (QED) is 0.0199. The third-order valence-corrected chi connectivity index (χ3v) is 13.3. The van der Waals surface area contributed by atoms with Crippen LogP contribution in [0.15, 0.2) is 60.8 Å². The number of carbonyl (C=O) groups excluding carboxylic acids is 3. The lowest BCUT2D eigenvalue weighted by molar-refractivity contribution is -0.167. The molecule has 0 spiro atoms. The fourth-order valence-corrected chi connectivity index (χ4v) is 8.73. The minimum Gasteiger partial charge on any atom is -0.462 e. The highest BCUT2D eigenvalue weighted by Gasteiger charge is 2.19. The summed E-state index contributed by atoms with van der Waals surface area (Å²) < 4.78 is 16.9. The lowest BCUT2D eigenvalue weighted by atomic mass is 10.1. The van der Waals surface area contributed by atoms with Crippen LogP contribution in [0.1, 0.15) is 310 Å². The molecule has 0 radical (unpaired) electrons. The van der Waals surface area contributed by atoms with Gasteiger partial charge in [-0.15, -0.1) is 0 Å². The average Bonchev–Trinajstić information content (AvgIpc) is 3.36. The smallest absolute Gasteiger partial charge is 0.306 e. The molecule has 0 heterocycles. The van der Waals surface area contributed by atoms with Gasteiger partial charge in [-0.05, 0) is 89.9 Å². The molecule has 0 fully saturated rings. The van der Waals surface area contributed by atoms with E-state index >= 15 is 0 Å². The second kappa shape index (κ2) is 58.7. The van der Waals surface area contributed by atoms with E-state index in [0.717, 1.165) is 83.5 Å². The maximum absolute atomic E-state index is 12.9. The van der Waals surface area contributed by atoms with Gasteiger partial charge in [0, 0.05) is 19.3 Å². The van der Waals surface area contributed by atoms with Gasteiger partial charge in [0.1, 0.15) is 13.2 Å². The van der Waals surface area contributed by atoms with Gasteiger partial charge in [0.15, 0.2) is 6.10 Å². The van der Waals surface area contributed by atoms with E-state index in [1.54, 1.807) is 0 Å². The van der Waals surface area contributed by atoms with Crippen LogP contribution < -0.4 is 0 Å². The number of hydrogen-bond donors (Lipinski definition) is 0. The van der Waals surface area contributed by atoms with Crippen molar-refractivity contribution < 1.29 is 28.6 Å². The first-order valence-electron chi connectivity index (χ1n) is 30.3. The zero-order valence-electron chi connectivity index (χ0n) is 46.5. The Morgan fingerprint density at radius 3 is 0.900 bits per heavy atom. The topological polar surface area (TPSA) is 78.9 Å². The van der Waals surface area contributed by atoms with E-state index in [1.807, 2.05) is 0 Å². The number of allylic oxidation sites excluding steroid dienone is 10. The summed E-state index contributed by atoms with van der Waals surface area (Å²) in [6.07, 6.45) is 73.6.